The third kappa shape index (κ3) is 5.80. The normalized spacial score (nSPS) is 11.1. The van der Waals surface area contributed by atoms with Crippen molar-refractivity contribution in [2.45, 2.75) is 25.7 Å². The fourth-order valence-electron chi connectivity index (χ4n) is 4.30. The van der Waals surface area contributed by atoms with Crippen LogP contribution in [0.25, 0.3) is 32.6 Å². The SMILES string of the molecule is CN(CCCc1c2cc([N+](=O)[O-])ccc2nc2c1ccc1ccccc12)C(=N)COC(=O)CCC(=O)O. The van der Waals surface area contributed by atoms with Crippen LogP contribution >= 0.6 is 0 Å². The minimum Gasteiger partial charge on any atom is -0.481 e. The molecule has 0 saturated carbocycles. The molecule has 10 nitrogen and oxygen atoms in total. The van der Waals surface area contributed by atoms with Gasteiger partial charge in [0.2, 0.25) is 0 Å². The number of aryl methyl sites for hydroxylation is 1. The highest BCUT2D eigenvalue weighted by molar-refractivity contribution is 6.10. The number of carboxylic acid groups (broad SMARTS) is 1. The van der Waals surface area contributed by atoms with Crippen LogP contribution in [0.4, 0.5) is 5.69 Å². The van der Waals surface area contributed by atoms with Crippen LogP contribution in [0.15, 0.2) is 54.6 Å². The molecule has 4 rings (SSSR count). The standard InChI is InChI=1S/C27H26N4O6/c1-30(24(28)16-37-26(34)13-12-25(32)33)14-4-7-20-21-10-8-17-5-2-3-6-19(17)27(21)29-23-11-9-18(31(35)36)15-22(20)23/h2-3,5-6,8-11,15,28H,4,7,12-14,16H2,1H3,(H,32,33). The summed E-state index contributed by atoms with van der Waals surface area (Å²) in [6, 6.07) is 16.7. The van der Waals surface area contributed by atoms with Crippen LogP contribution in [0.5, 0.6) is 0 Å². The molecular formula is C27H26N4O6. The molecule has 1 aromatic heterocycles. The number of non-ortho nitro benzene ring substituents is 1. The van der Waals surface area contributed by atoms with E-state index in [-0.39, 0.29) is 31.0 Å². The summed E-state index contributed by atoms with van der Waals surface area (Å²) < 4.78 is 4.99. The summed E-state index contributed by atoms with van der Waals surface area (Å²) in [5, 5.41) is 32.0. The molecule has 0 unspecified atom stereocenters. The van der Waals surface area contributed by atoms with Gasteiger partial charge in [-0.3, -0.25) is 25.1 Å². The number of esters is 1. The maximum atomic E-state index is 11.6. The lowest BCUT2D eigenvalue weighted by Gasteiger charge is -2.20. The number of nitro groups is 1. The van der Waals surface area contributed by atoms with Gasteiger partial charge < -0.3 is 14.7 Å². The van der Waals surface area contributed by atoms with Gasteiger partial charge in [0, 0.05) is 41.9 Å². The largest absolute Gasteiger partial charge is 0.481 e. The molecule has 0 aliphatic heterocycles. The van der Waals surface area contributed by atoms with E-state index in [0.29, 0.717) is 24.9 Å². The highest BCUT2D eigenvalue weighted by Crippen LogP contribution is 2.33. The van der Waals surface area contributed by atoms with E-state index >= 15 is 0 Å². The zero-order valence-corrected chi connectivity index (χ0v) is 20.3. The zero-order valence-electron chi connectivity index (χ0n) is 20.3. The first-order chi connectivity index (χ1) is 17.7. The van der Waals surface area contributed by atoms with Gasteiger partial charge in [-0.15, -0.1) is 0 Å². The van der Waals surface area contributed by atoms with Crippen LogP contribution < -0.4 is 0 Å². The molecule has 0 fully saturated rings. The molecule has 10 heteroatoms. The number of nitrogens with zero attached hydrogens (tertiary/aromatic N) is 3. The highest BCUT2D eigenvalue weighted by Gasteiger charge is 2.16. The number of hydrogen-bond acceptors (Lipinski definition) is 7. The first-order valence-electron chi connectivity index (χ1n) is 11.8. The second-order valence-electron chi connectivity index (χ2n) is 8.76. The van der Waals surface area contributed by atoms with Gasteiger partial charge in [-0.25, -0.2) is 4.98 Å². The van der Waals surface area contributed by atoms with Crippen molar-refractivity contribution in [1.29, 1.82) is 5.41 Å². The first-order valence-corrected chi connectivity index (χ1v) is 11.8. The van der Waals surface area contributed by atoms with Crippen LogP contribution in [-0.2, 0) is 20.7 Å². The number of pyridine rings is 1. The molecule has 0 aliphatic rings. The maximum absolute atomic E-state index is 11.6. The average molecular weight is 503 g/mol. The molecule has 37 heavy (non-hydrogen) atoms. The number of likely N-dealkylation sites (N-methyl/N-ethyl adjacent to an activating group) is 1. The van der Waals surface area contributed by atoms with Crippen LogP contribution in [0.1, 0.15) is 24.8 Å². The van der Waals surface area contributed by atoms with E-state index in [0.717, 1.165) is 32.6 Å². The van der Waals surface area contributed by atoms with Crippen molar-refractivity contribution < 1.29 is 24.4 Å². The predicted molar refractivity (Wildman–Crippen MR) is 140 cm³/mol. The molecule has 0 spiro atoms. The molecule has 0 radical (unpaired) electrons. The summed E-state index contributed by atoms with van der Waals surface area (Å²) in [5.41, 5.74) is 2.47. The van der Waals surface area contributed by atoms with Crippen molar-refractivity contribution in [1.82, 2.24) is 9.88 Å². The minimum atomic E-state index is -1.08. The van der Waals surface area contributed by atoms with E-state index < -0.39 is 16.9 Å². The molecule has 2 N–H and O–H groups in total. The van der Waals surface area contributed by atoms with E-state index in [4.69, 9.17) is 20.2 Å². The number of nitro benzene ring substituents is 1. The quantitative estimate of drug-likeness (QED) is 0.0603. The van der Waals surface area contributed by atoms with E-state index in [1.807, 2.05) is 36.4 Å². The molecule has 1 heterocycles. The monoisotopic (exact) mass is 502 g/mol. The number of fused-ring (bicyclic) bond motifs is 4. The Morgan fingerprint density at radius 3 is 2.62 bits per heavy atom. The van der Waals surface area contributed by atoms with Crippen molar-refractivity contribution >= 4 is 56.0 Å². The Morgan fingerprint density at radius 2 is 1.86 bits per heavy atom. The Hall–Kier alpha value is -4.60. The summed E-state index contributed by atoms with van der Waals surface area (Å²) in [7, 11) is 1.72. The summed E-state index contributed by atoms with van der Waals surface area (Å²) in [6.07, 6.45) is 0.666. The third-order valence-corrected chi connectivity index (χ3v) is 6.27. The van der Waals surface area contributed by atoms with Crippen molar-refractivity contribution in [2.24, 2.45) is 0 Å². The lowest BCUT2D eigenvalue weighted by molar-refractivity contribution is -0.384. The smallest absolute Gasteiger partial charge is 0.306 e. The number of amidine groups is 1. The molecule has 0 bridgehead atoms. The molecular weight excluding hydrogens is 476 g/mol. The summed E-state index contributed by atoms with van der Waals surface area (Å²) in [6.45, 7) is 0.244. The lowest BCUT2D eigenvalue weighted by atomic mass is 9.95. The Bertz CT molecular complexity index is 1530. The van der Waals surface area contributed by atoms with Gasteiger partial charge in [0.15, 0.2) is 0 Å². The first kappa shape index (κ1) is 25.5. The molecule has 190 valence electrons. The van der Waals surface area contributed by atoms with Crippen LogP contribution in [0.2, 0.25) is 0 Å². The van der Waals surface area contributed by atoms with Gasteiger partial charge in [-0.2, -0.15) is 0 Å². The van der Waals surface area contributed by atoms with Crippen molar-refractivity contribution in [3.63, 3.8) is 0 Å². The predicted octanol–water partition coefficient (Wildman–Crippen LogP) is 4.70. The number of hydrogen-bond donors (Lipinski definition) is 2. The number of nitrogens with one attached hydrogen (secondary N) is 1. The number of aromatic nitrogens is 1. The van der Waals surface area contributed by atoms with Crippen molar-refractivity contribution in [3.8, 4) is 0 Å². The topological polar surface area (TPSA) is 147 Å². The van der Waals surface area contributed by atoms with E-state index in [1.165, 1.54) is 6.07 Å². The Balaban J connectivity index is 1.56. The van der Waals surface area contributed by atoms with Gasteiger partial charge in [0.25, 0.3) is 5.69 Å². The summed E-state index contributed by atoms with van der Waals surface area (Å²) in [4.78, 5) is 39.8. The molecule has 4 aromatic rings. The summed E-state index contributed by atoms with van der Waals surface area (Å²) in [5.74, 6) is -1.66. The molecule has 0 aliphatic carbocycles. The maximum Gasteiger partial charge on any atom is 0.306 e. The highest BCUT2D eigenvalue weighted by atomic mass is 16.6. The van der Waals surface area contributed by atoms with Gasteiger partial charge in [-0.05, 0) is 29.9 Å². The number of carboxylic acids is 1. The van der Waals surface area contributed by atoms with Crippen molar-refractivity contribution in [3.05, 3.63) is 70.3 Å². The molecule has 0 atom stereocenters. The Morgan fingerprint density at radius 1 is 1.08 bits per heavy atom. The van der Waals surface area contributed by atoms with Crippen LogP contribution in [0.3, 0.4) is 0 Å². The average Bonchev–Trinajstić information content (AvgIpc) is 2.89. The molecule has 0 amide bonds. The Labute approximate surface area is 212 Å². The fraction of sp³-hybridized carbons (Fsp3) is 0.259. The number of rotatable bonds is 10. The van der Waals surface area contributed by atoms with Gasteiger partial charge in [0.05, 0.1) is 28.8 Å². The van der Waals surface area contributed by atoms with E-state index in [9.17, 15) is 19.7 Å². The third-order valence-electron chi connectivity index (χ3n) is 6.27. The van der Waals surface area contributed by atoms with Crippen LogP contribution in [0, 0.1) is 15.5 Å². The minimum absolute atomic E-state index is 0.000649. The number of aliphatic carboxylic acids is 1. The van der Waals surface area contributed by atoms with E-state index in [2.05, 4.69) is 0 Å². The van der Waals surface area contributed by atoms with E-state index in [1.54, 1.807) is 24.1 Å². The summed E-state index contributed by atoms with van der Waals surface area (Å²) >= 11 is 0. The number of carbonyl (C=O) groups is 2. The number of carbonyl (C=O) groups excluding carboxylic acids is 1. The second kappa shape index (κ2) is 11.0. The van der Waals surface area contributed by atoms with Crippen molar-refractivity contribution in [2.75, 3.05) is 20.2 Å². The van der Waals surface area contributed by atoms with Gasteiger partial charge in [-0.1, -0.05) is 36.4 Å². The van der Waals surface area contributed by atoms with Gasteiger partial charge >= 0.3 is 11.9 Å². The number of ether oxygens (including phenoxy) is 1. The lowest BCUT2D eigenvalue weighted by Crippen LogP contribution is -2.31. The molecule has 3 aromatic carbocycles. The van der Waals surface area contributed by atoms with Crippen LogP contribution in [-0.4, -0.2) is 57.9 Å². The zero-order chi connectivity index (χ0) is 26.5. The second-order valence-corrected chi connectivity index (χ2v) is 8.76. The number of benzene rings is 3. The fourth-order valence-corrected chi connectivity index (χ4v) is 4.30. The molecule has 0 saturated heterocycles. The van der Waals surface area contributed by atoms with Gasteiger partial charge in [0.1, 0.15) is 12.4 Å². The Kier molecular flexibility index (Phi) is 7.57.